The Bertz CT molecular complexity index is 903. The number of nitrogens with zero attached hydrogens (tertiary/aromatic N) is 2. The molecule has 1 heterocycles. The molecule has 136 valence electrons. The lowest BCUT2D eigenvalue weighted by atomic mass is 10.2. The van der Waals surface area contributed by atoms with Crippen molar-refractivity contribution in [3.8, 4) is 6.07 Å². The molecule has 1 aliphatic rings. The number of carbonyl (C=O) groups is 1. The third-order valence-electron chi connectivity index (χ3n) is 3.80. The highest BCUT2D eigenvalue weighted by molar-refractivity contribution is 7.92. The SMILES string of the molecule is CS(=O)(=O)N(CCC(=O)NC1CCS(=O)(=O)C1)c1cccc(C#N)c1. The number of benzene rings is 1. The van der Waals surface area contributed by atoms with Crippen molar-refractivity contribution in [3.63, 3.8) is 0 Å². The molecule has 0 radical (unpaired) electrons. The number of carbonyl (C=O) groups excluding carboxylic acids is 1. The van der Waals surface area contributed by atoms with Crippen LogP contribution in [0, 0.1) is 11.3 Å². The van der Waals surface area contributed by atoms with Gasteiger partial charge in [0.25, 0.3) is 0 Å². The first-order valence-corrected chi connectivity index (χ1v) is 11.3. The van der Waals surface area contributed by atoms with Gasteiger partial charge in [-0.2, -0.15) is 5.26 Å². The molecular formula is C15H19N3O5S2. The van der Waals surface area contributed by atoms with Gasteiger partial charge in [-0.15, -0.1) is 0 Å². The molecule has 0 bridgehead atoms. The molecule has 1 aromatic rings. The van der Waals surface area contributed by atoms with Crippen LogP contribution in [0.2, 0.25) is 0 Å². The van der Waals surface area contributed by atoms with Crippen LogP contribution in [0.3, 0.4) is 0 Å². The molecular weight excluding hydrogens is 366 g/mol. The average Bonchev–Trinajstić information content (AvgIpc) is 2.85. The molecule has 1 saturated heterocycles. The Hall–Kier alpha value is -2.12. The van der Waals surface area contributed by atoms with Crippen LogP contribution in [0.5, 0.6) is 0 Å². The monoisotopic (exact) mass is 385 g/mol. The van der Waals surface area contributed by atoms with E-state index in [4.69, 9.17) is 5.26 Å². The third kappa shape index (κ3) is 5.44. The number of rotatable bonds is 6. The van der Waals surface area contributed by atoms with Gasteiger partial charge in [0.2, 0.25) is 15.9 Å². The number of nitrogens with one attached hydrogen (secondary N) is 1. The van der Waals surface area contributed by atoms with Gasteiger partial charge < -0.3 is 5.32 Å². The maximum Gasteiger partial charge on any atom is 0.232 e. The number of hydrogen-bond acceptors (Lipinski definition) is 6. The first-order chi connectivity index (χ1) is 11.6. The van der Waals surface area contributed by atoms with Crippen LogP contribution in [0.4, 0.5) is 5.69 Å². The van der Waals surface area contributed by atoms with E-state index in [-0.39, 0.29) is 24.5 Å². The maximum absolute atomic E-state index is 12.0. The predicted molar refractivity (Wildman–Crippen MR) is 93.2 cm³/mol. The maximum atomic E-state index is 12.0. The Kier molecular flexibility index (Phi) is 5.69. The topological polar surface area (TPSA) is 124 Å². The van der Waals surface area contributed by atoms with Gasteiger partial charge in [-0.05, 0) is 24.6 Å². The zero-order valence-electron chi connectivity index (χ0n) is 13.7. The van der Waals surface area contributed by atoms with Gasteiger partial charge in [0.1, 0.15) is 0 Å². The molecule has 1 aromatic carbocycles. The number of sulfone groups is 1. The molecule has 25 heavy (non-hydrogen) atoms. The lowest BCUT2D eigenvalue weighted by molar-refractivity contribution is -0.121. The third-order valence-corrected chi connectivity index (χ3v) is 6.77. The number of hydrogen-bond donors (Lipinski definition) is 1. The van der Waals surface area contributed by atoms with E-state index in [1.807, 2.05) is 6.07 Å². The van der Waals surface area contributed by atoms with Crippen molar-refractivity contribution in [1.29, 1.82) is 5.26 Å². The van der Waals surface area contributed by atoms with Gasteiger partial charge in [0, 0.05) is 19.0 Å². The fourth-order valence-corrected chi connectivity index (χ4v) is 5.22. The average molecular weight is 385 g/mol. The van der Waals surface area contributed by atoms with E-state index in [0.717, 1.165) is 10.6 Å². The zero-order chi connectivity index (χ0) is 18.7. The van der Waals surface area contributed by atoms with E-state index in [1.54, 1.807) is 18.2 Å². The second-order valence-electron chi connectivity index (χ2n) is 5.91. The second kappa shape index (κ2) is 7.41. The van der Waals surface area contributed by atoms with Crippen LogP contribution in [0.25, 0.3) is 0 Å². The summed E-state index contributed by atoms with van der Waals surface area (Å²) in [5.41, 5.74) is 0.615. The molecule has 1 aliphatic heterocycles. The van der Waals surface area contributed by atoms with E-state index >= 15 is 0 Å². The zero-order valence-corrected chi connectivity index (χ0v) is 15.3. The number of amides is 1. The van der Waals surface area contributed by atoms with Crippen LogP contribution in [0.1, 0.15) is 18.4 Å². The minimum atomic E-state index is -3.64. The minimum Gasteiger partial charge on any atom is -0.352 e. The van der Waals surface area contributed by atoms with Crippen molar-refractivity contribution in [3.05, 3.63) is 29.8 Å². The summed E-state index contributed by atoms with van der Waals surface area (Å²) in [5, 5.41) is 11.6. The van der Waals surface area contributed by atoms with E-state index in [0.29, 0.717) is 17.7 Å². The molecule has 10 heteroatoms. The van der Waals surface area contributed by atoms with E-state index in [1.165, 1.54) is 6.07 Å². The van der Waals surface area contributed by atoms with Gasteiger partial charge in [-0.3, -0.25) is 9.10 Å². The predicted octanol–water partition coefficient (Wildman–Crippen LogP) is 0.0177. The van der Waals surface area contributed by atoms with Crippen molar-refractivity contribution in [2.24, 2.45) is 0 Å². The molecule has 1 unspecified atom stereocenters. The molecule has 2 rings (SSSR count). The molecule has 0 saturated carbocycles. The Morgan fingerprint density at radius 3 is 2.72 bits per heavy atom. The molecule has 1 N–H and O–H groups in total. The summed E-state index contributed by atoms with van der Waals surface area (Å²) in [4.78, 5) is 12.0. The van der Waals surface area contributed by atoms with Crippen LogP contribution >= 0.6 is 0 Å². The number of anilines is 1. The molecule has 1 atom stereocenters. The minimum absolute atomic E-state index is 0.0500. The summed E-state index contributed by atoms with van der Waals surface area (Å²) >= 11 is 0. The standard InChI is InChI=1S/C15H19N3O5S2/c1-24(20,21)18(14-4-2-3-12(9-14)10-16)7-5-15(19)17-13-6-8-25(22,23)11-13/h2-4,9,13H,5-8,11H2,1H3,(H,17,19). The van der Waals surface area contributed by atoms with Gasteiger partial charge >= 0.3 is 0 Å². The van der Waals surface area contributed by atoms with Crippen molar-refractivity contribution in [2.75, 3.05) is 28.6 Å². The van der Waals surface area contributed by atoms with Crippen LogP contribution in [-0.4, -0.2) is 53.1 Å². The number of sulfonamides is 1. The molecule has 0 aromatic heterocycles. The Labute approximate surface area is 147 Å². The van der Waals surface area contributed by atoms with Crippen LogP contribution < -0.4 is 9.62 Å². The second-order valence-corrected chi connectivity index (χ2v) is 10.1. The van der Waals surface area contributed by atoms with Gasteiger partial charge in [0.05, 0.1) is 35.1 Å². The Morgan fingerprint density at radius 2 is 2.16 bits per heavy atom. The smallest absolute Gasteiger partial charge is 0.232 e. The summed E-state index contributed by atoms with van der Waals surface area (Å²) in [7, 11) is -6.73. The summed E-state index contributed by atoms with van der Waals surface area (Å²) < 4.78 is 47.9. The van der Waals surface area contributed by atoms with Crippen molar-refractivity contribution in [2.45, 2.75) is 18.9 Å². The summed E-state index contributed by atoms with van der Waals surface area (Å²) in [6, 6.07) is 7.61. The summed E-state index contributed by atoms with van der Waals surface area (Å²) in [6.45, 7) is -0.0982. The lowest BCUT2D eigenvalue weighted by Crippen LogP contribution is -2.39. The Morgan fingerprint density at radius 1 is 1.44 bits per heavy atom. The van der Waals surface area contributed by atoms with Gasteiger partial charge in [-0.1, -0.05) is 6.07 Å². The Balaban J connectivity index is 2.03. The number of nitriles is 1. The normalized spacial score (nSPS) is 19.1. The molecule has 0 aliphatic carbocycles. The lowest BCUT2D eigenvalue weighted by Gasteiger charge is -2.22. The fourth-order valence-electron chi connectivity index (χ4n) is 2.63. The highest BCUT2D eigenvalue weighted by Gasteiger charge is 2.29. The first kappa shape index (κ1) is 19.2. The highest BCUT2D eigenvalue weighted by Crippen LogP contribution is 2.19. The van der Waals surface area contributed by atoms with Crippen molar-refractivity contribution in [1.82, 2.24) is 5.32 Å². The van der Waals surface area contributed by atoms with Crippen LogP contribution in [-0.2, 0) is 24.7 Å². The van der Waals surface area contributed by atoms with Crippen LogP contribution in [0.15, 0.2) is 24.3 Å². The first-order valence-electron chi connectivity index (χ1n) is 7.58. The molecule has 1 fully saturated rings. The largest absolute Gasteiger partial charge is 0.352 e. The molecule has 8 nitrogen and oxygen atoms in total. The van der Waals surface area contributed by atoms with Crippen molar-refractivity contribution < 1.29 is 21.6 Å². The molecule has 1 amide bonds. The van der Waals surface area contributed by atoms with E-state index in [2.05, 4.69) is 5.32 Å². The quantitative estimate of drug-likeness (QED) is 0.736. The summed E-state index contributed by atoms with van der Waals surface area (Å²) in [5.74, 6) is -0.445. The molecule has 0 spiro atoms. The van der Waals surface area contributed by atoms with E-state index in [9.17, 15) is 21.6 Å². The highest BCUT2D eigenvalue weighted by atomic mass is 32.2. The van der Waals surface area contributed by atoms with Gasteiger partial charge in [0.15, 0.2) is 9.84 Å². The fraction of sp³-hybridized carbons (Fsp3) is 0.467. The van der Waals surface area contributed by atoms with Crippen molar-refractivity contribution >= 4 is 31.5 Å². The van der Waals surface area contributed by atoms with Gasteiger partial charge in [-0.25, -0.2) is 16.8 Å². The van der Waals surface area contributed by atoms with E-state index < -0.39 is 31.8 Å². The summed E-state index contributed by atoms with van der Waals surface area (Å²) in [6.07, 6.45) is 1.28.